The van der Waals surface area contributed by atoms with Gasteiger partial charge in [0.1, 0.15) is 48.1 Å². The molecule has 0 bridgehead atoms. The van der Waals surface area contributed by atoms with Crippen LogP contribution in [0.3, 0.4) is 0 Å². The van der Waals surface area contributed by atoms with Crippen LogP contribution >= 0.6 is 0 Å². The number of hydrogen-bond donors (Lipinski definition) is 13. The Labute approximate surface area is 439 Å². The third kappa shape index (κ3) is 26.6. The number of amidine groups is 1. The molecule has 7 atom stereocenters. The zero-order chi connectivity index (χ0) is 56.2. The molecule has 0 aliphatic carbocycles. The summed E-state index contributed by atoms with van der Waals surface area (Å²) < 4.78 is 0. The van der Waals surface area contributed by atoms with Crippen molar-refractivity contribution in [2.24, 2.45) is 57.5 Å². The molecule has 22 heteroatoms. The highest BCUT2D eigenvalue weighted by atomic mass is 16.2. The summed E-state index contributed by atoms with van der Waals surface area (Å²) in [4.78, 5) is 114. The van der Waals surface area contributed by atoms with Gasteiger partial charge in [-0.1, -0.05) is 93.5 Å². The minimum Gasteiger partial charge on any atom is -0.384 e. The first-order valence-corrected chi connectivity index (χ1v) is 26.2. The normalized spacial score (nSPS) is 14.2. The fourth-order valence-corrected chi connectivity index (χ4v) is 8.03. The van der Waals surface area contributed by atoms with Crippen molar-refractivity contribution in [3.63, 3.8) is 0 Å². The molecule has 418 valence electrons. The SMILES string of the molecule is CC(=O)N[C@H](CC(C)C)C(=O)N[C@@H](CC(C)C)C(=O)N[C@@H](CC(C)C)C(=O)N[C@@H](CC(C)C)C(=O)N[C@@H](CCCN=C(N)N)C(=O)N[C@H](C(=O)N[C@@H](CCCCN)C(=O)NCCc1ccc(C(=N)N)cc1)C(C)C. The Bertz CT molecular complexity index is 2010. The second kappa shape index (κ2) is 34.2. The minimum absolute atomic E-state index is 0.0275. The van der Waals surface area contributed by atoms with E-state index in [4.69, 9.17) is 28.3 Å². The van der Waals surface area contributed by atoms with Crippen LogP contribution in [-0.2, 0) is 44.8 Å². The molecular weight excluding hydrogens is 949 g/mol. The molecule has 74 heavy (non-hydrogen) atoms. The Hall–Kier alpha value is -6.32. The lowest BCUT2D eigenvalue weighted by Crippen LogP contribution is -2.61. The Morgan fingerprint density at radius 3 is 1.30 bits per heavy atom. The molecule has 0 radical (unpaired) electrons. The molecule has 17 N–H and O–H groups in total. The van der Waals surface area contributed by atoms with E-state index >= 15 is 0 Å². The van der Waals surface area contributed by atoms with Crippen LogP contribution in [0, 0.1) is 35.0 Å². The molecule has 0 fully saturated rings. The maximum Gasteiger partial charge on any atom is 0.243 e. The molecule has 22 nitrogen and oxygen atoms in total. The van der Waals surface area contributed by atoms with Crippen molar-refractivity contribution < 1.29 is 38.4 Å². The van der Waals surface area contributed by atoms with Gasteiger partial charge < -0.3 is 65.5 Å². The predicted octanol–water partition coefficient (Wildman–Crippen LogP) is 1.07. The topological polar surface area (TPSA) is 373 Å². The van der Waals surface area contributed by atoms with Crippen LogP contribution in [-0.4, -0.2) is 121 Å². The molecular formula is C52H92N14O8. The molecule has 1 rings (SSSR count). The quantitative estimate of drug-likeness (QED) is 0.0258. The number of nitrogen functional groups attached to an aromatic ring is 1. The Morgan fingerprint density at radius 1 is 0.514 bits per heavy atom. The smallest absolute Gasteiger partial charge is 0.243 e. The maximum absolute atomic E-state index is 14.3. The second-order valence-corrected chi connectivity index (χ2v) is 21.2. The van der Waals surface area contributed by atoms with E-state index in [1.54, 1.807) is 26.0 Å². The van der Waals surface area contributed by atoms with Gasteiger partial charge in [-0.25, -0.2) is 0 Å². The molecule has 0 saturated carbocycles. The van der Waals surface area contributed by atoms with Gasteiger partial charge in [-0.3, -0.25) is 48.8 Å². The van der Waals surface area contributed by atoms with Crippen LogP contribution in [0.25, 0.3) is 0 Å². The van der Waals surface area contributed by atoms with Crippen molar-refractivity contribution in [2.75, 3.05) is 19.6 Å². The van der Waals surface area contributed by atoms with E-state index in [-0.39, 0.29) is 87.1 Å². The molecule has 0 aliphatic heterocycles. The highest BCUT2D eigenvalue weighted by Crippen LogP contribution is 2.15. The standard InChI is InChI=1S/C52H92N14O8/c1-29(2)25-39(60-34(11)67)47(70)63-41(27-31(5)6)49(72)65-42(28-32(7)8)50(73)64-40(26-30(3)4)48(71)61-38(16-14-23-59-52(56)57)46(69)66-43(33(9)10)51(74)62-37(15-12-13-22-53)45(68)58-24-21-35-17-19-36(20-18-35)44(54)55/h17-20,29-33,37-43H,12-16,21-28,53H2,1-11H3,(H3,54,55)(H,58,68)(H,60,67)(H,61,71)(H,62,74)(H,63,70)(H,64,73)(H,65,72)(H,66,69)(H4,56,57,59)/t37-,38-,39+,40-,41-,42-,43-/m0/s1. The zero-order valence-electron chi connectivity index (χ0n) is 46.0. The van der Waals surface area contributed by atoms with Gasteiger partial charge in [0.05, 0.1) is 0 Å². The summed E-state index contributed by atoms with van der Waals surface area (Å²) in [6, 6.07) is -0.495. The number of guanidine groups is 1. The van der Waals surface area contributed by atoms with E-state index < -0.39 is 95.5 Å². The number of nitrogens with one attached hydrogen (secondary N) is 9. The van der Waals surface area contributed by atoms with Crippen molar-refractivity contribution in [3.05, 3.63) is 35.4 Å². The number of aliphatic imine (C=N–C) groups is 1. The molecule has 0 heterocycles. The number of unbranched alkanes of at least 4 members (excludes halogenated alkanes) is 1. The highest BCUT2D eigenvalue weighted by Gasteiger charge is 2.35. The number of rotatable bonds is 35. The number of hydrogen-bond acceptors (Lipinski definition) is 11. The summed E-state index contributed by atoms with van der Waals surface area (Å²) in [5, 5.41) is 30.0. The Morgan fingerprint density at radius 2 is 0.905 bits per heavy atom. The van der Waals surface area contributed by atoms with Crippen molar-refractivity contribution in [3.8, 4) is 0 Å². The van der Waals surface area contributed by atoms with E-state index in [2.05, 4.69) is 47.5 Å². The number of amides is 8. The van der Waals surface area contributed by atoms with E-state index in [0.717, 1.165) is 5.56 Å². The molecule has 0 unspecified atom stereocenters. The van der Waals surface area contributed by atoms with E-state index in [1.807, 2.05) is 67.5 Å². The molecule has 0 aromatic heterocycles. The molecule has 0 aliphatic rings. The van der Waals surface area contributed by atoms with Crippen LogP contribution in [0.2, 0.25) is 0 Å². The predicted molar refractivity (Wildman–Crippen MR) is 289 cm³/mol. The first-order valence-electron chi connectivity index (χ1n) is 26.2. The number of benzene rings is 1. The summed E-state index contributed by atoms with van der Waals surface area (Å²) in [6.07, 6.45) is 3.07. The van der Waals surface area contributed by atoms with Crippen molar-refractivity contribution >= 4 is 59.1 Å². The maximum atomic E-state index is 14.3. The summed E-state index contributed by atoms with van der Waals surface area (Å²) in [5.74, 6) is -5.53. The van der Waals surface area contributed by atoms with E-state index in [1.165, 1.54) is 6.92 Å². The van der Waals surface area contributed by atoms with E-state index in [9.17, 15) is 38.4 Å². The lowest BCUT2D eigenvalue weighted by Gasteiger charge is -2.30. The van der Waals surface area contributed by atoms with Crippen LogP contribution in [0.4, 0.5) is 0 Å². The monoisotopic (exact) mass is 1040 g/mol. The number of carbonyl (C=O) groups is 8. The molecule has 0 saturated heterocycles. The van der Waals surface area contributed by atoms with Crippen LogP contribution < -0.4 is 65.5 Å². The molecule has 0 spiro atoms. The minimum atomic E-state index is -1.24. The van der Waals surface area contributed by atoms with Crippen LogP contribution in [0.1, 0.15) is 145 Å². The van der Waals surface area contributed by atoms with Crippen LogP contribution in [0.15, 0.2) is 29.3 Å². The van der Waals surface area contributed by atoms with Gasteiger partial charge in [-0.05, 0) is 106 Å². The second-order valence-electron chi connectivity index (χ2n) is 21.2. The Kier molecular flexibility index (Phi) is 30.4. The molecule has 1 aromatic carbocycles. The summed E-state index contributed by atoms with van der Waals surface area (Å²) in [7, 11) is 0. The fourth-order valence-electron chi connectivity index (χ4n) is 8.03. The van der Waals surface area contributed by atoms with Gasteiger partial charge in [-0.2, -0.15) is 0 Å². The number of nitrogens with two attached hydrogens (primary N) is 4. The van der Waals surface area contributed by atoms with Crippen molar-refractivity contribution in [2.45, 2.75) is 183 Å². The van der Waals surface area contributed by atoms with Crippen LogP contribution in [0.5, 0.6) is 0 Å². The average Bonchev–Trinajstić information content (AvgIpc) is 3.29. The molecule has 1 aromatic rings. The summed E-state index contributed by atoms with van der Waals surface area (Å²) in [5.41, 5.74) is 23.9. The fraction of sp³-hybridized carbons (Fsp3) is 0.692. The van der Waals surface area contributed by atoms with Crippen molar-refractivity contribution in [1.29, 1.82) is 5.41 Å². The van der Waals surface area contributed by atoms with Gasteiger partial charge in [0.25, 0.3) is 0 Å². The summed E-state index contributed by atoms with van der Waals surface area (Å²) >= 11 is 0. The first kappa shape index (κ1) is 65.7. The highest BCUT2D eigenvalue weighted by molar-refractivity contribution is 5.98. The lowest BCUT2D eigenvalue weighted by atomic mass is 9.97. The largest absolute Gasteiger partial charge is 0.384 e. The lowest BCUT2D eigenvalue weighted by molar-refractivity contribution is -0.136. The zero-order valence-corrected chi connectivity index (χ0v) is 46.0. The van der Waals surface area contributed by atoms with Gasteiger partial charge in [0, 0.05) is 25.6 Å². The van der Waals surface area contributed by atoms with E-state index in [0.29, 0.717) is 37.8 Å². The first-order chi connectivity index (χ1) is 34.6. The number of carbonyl (C=O) groups excluding carboxylic acids is 8. The van der Waals surface area contributed by atoms with Gasteiger partial charge in [0.2, 0.25) is 47.3 Å². The van der Waals surface area contributed by atoms with Crippen molar-refractivity contribution in [1.82, 2.24) is 42.5 Å². The van der Waals surface area contributed by atoms with Gasteiger partial charge in [-0.15, -0.1) is 0 Å². The third-order valence-electron chi connectivity index (χ3n) is 11.8. The summed E-state index contributed by atoms with van der Waals surface area (Å²) in [6.45, 7) is 20.6. The Balaban J connectivity index is 3.43. The average molecular weight is 1040 g/mol. The number of nitrogens with zero attached hydrogens (tertiary/aromatic N) is 1. The van der Waals surface area contributed by atoms with Gasteiger partial charge in [0.15, 0.2) is 5.96 Å². The molecule has 8 amide bonds. The van der Waals surface area contributed by atoms with Gasteiger partial charge >= 0.3 is 0 Å². The third-order valence-corrected chi connectivity index (χ3v) is 11.8.